The van der Waals surface area contributed by atoms with Crippen LogP contribution in [0.25, 0.3) is 0 Å². The van der Waals surface area contributed by atoms with Crippen LogP contribution in [0, 0.1) is 12.3 Å². The third-order valence-corrected chi connectivity index (χ3v) is 2.93. The molecule has 0 aromatic carbocycles. The zero-order chi connectivity index (χ0) is 8.65. The SMILES string of the molecule is C#CCNCCSc1nncs1. The number of aromatic nitrogens is 2. The summed E-state index contributed by atoms with van der Waals surface area (Å²) in [5.41, 5.74) is 1.73. The van der Waals surface area contributed by atoms with E-state index in [1.165, 1.54) is 0 Å². The van der Waals surface area contributed by atoms with Crippen molar-refractivity contribution in [2.24, 2.45) is 0 Å². The van der Waals surface area contributed by atoms with E-state index >= 15 is 0 Å². The van der Waals surface area contributed by atoms with Gasteiger partial charge in [-0.3, -0.25) is 0 Å². The van der Waals surface area contributed by atoms with Crippen LogP contribution in [0.15, 0.2) is 9.85 Å². The van der Waals surface area contributed by atoms with Gasteiger partial charge in [-0.05, 0) is 0 Å². The molecule has 0 bridgehead atoms. The topological polar surface area (TPSA) is 37.8 Å². The first kappa shape index (κ1) is 9.52. The molecule has 3 nitrogen and oxygen atoms in total. The first-order valence-corrected chi connectivity index (χ1v) is 5.33. The predicted octanol–water partition coefficient (Wildman–Crippen LogP) is 0.853. The lowest BCUT2D eigenvalue weighted by molar-refractivity contribution is 0.817. The summed E-state index contributed by atoms with van der Waals surface area (Å²) in [5, 5.41) is 10.7. The standard InChI is InChI=1S/C7H9N3S2/c1-2-3-8-4-5-11-7-10-9-6-12-7/h1,6,8H,3-5H2. The Kier molecular flexibility index (Phi) is 4.76. The van der Waals surface area contributed by atoms with Crippen molar-refractivity contribution in [1.82, 2.24) is 15.5 Å². The molecule has 0 aliphatic heterocycles. The van der Waals surface area contributed by atoms with Gasteiger partial charge in [0.15, 0.2) is 4.34 Å². The molecule has 1 aromatic heterocycles. The highest BCUT2D eigenvalue weighted by molar-refractivity contribution is 8.01. The van der Waals surface area contributed by atoms with Gasteiger partial charge in [0.05, 0.1) is 6.54 Å². The van der Waals surface area contributed by atoms with Crippen molar-refractivity contribution in [3.05, 3.63) is 5.51 Å². The van der Waals surface area contributed by atoms with Crippen molar-refractivity contribution in [1.29, 1.82) is 0 Å². The van der Waals surface area contributed by atoms with Gasteiger partial charge in [-0.25, -0.2) is 0 Å². The molecule has 0 saturated carbocycles. The van der Waals surface area contributed by atoms with Crippen LogP contribution in [-0.4, -0.2) is 29.0 Å². The Bertz CT molecular complexity index is 240. The highest BCUT2D eigenvalue weighted by atomic mass is 32.2. The Morgan fingerprint density at radius 2 is 2.67 bits per heavy atom. The van der Waals surface area contributed by atoms with E-state index in [4.69, 9.17) is 6.42 Å². The molecule has 0 fully saturated rings. The van der Waals surface area contributed by atoms with Crippen molar-refractivity contribution in [3.8, 4) is 12.3 Å². The predicted molar refractivity (Wildman–Crippen MR) is 52.3 cm³/mol. The van der Waals surface area contributed by atoms with Gasteiger partial charge in [0, 0.05) is 12.3 Å². The summed E-state index contributed by atoms with van der Waals surface area (Å²) in [5.74, 6) is 3.50. The summed E-state index contributed by atoms with van der Waals surface area (Å²) < 4.78 is 1.01. The van der Waals surface area contributed by atoms with Gasteiger partial charge in [-0.1, -0.05) is 29.0 Å². The molecule has 12 heavy (non-hydrogen) atoms. The molecule has 0 saturated heterocycles. The van der Waals surface area contributed by atoms with Gasteiger partial charge >= 0.3 is 0 Å². The second-order valence-corrected chi connectivity index (χ2v) is 4.11. The lowest BCUT2D eigenvalue weighted by Crippen LogP contribution is -2.16. The maximum absolute atomic E-state index is 5.07. The number of nitrogens with one attached hydrogen (secondary N) is 1. The minimum atomic E-state index is 0.636. The molecule has 0 amide bonds. The van der Waals surface area contributed by atoms with Crippen LogP contribution in [-0.2, 0) is 0 Å². The Hall–Kier alpha value is -0.570. The molecular weight excluding hydrogens is 190 g/mol. The van der Waals surface area contributed by atoms with Crippen molar-refractivity contribution in [3.63, 3.8) is 0 Å². The fourth-order valence-corrected chi connectivity index (χ4v) is 2.05. The maximum Gasteiger partial charge on any atom is 0.174 e. The van der Waals surface area contributed by atoms with Crippen LogP contribution >= 0.6 is 23.1 Å². The third-order valence-electron chi connectivity index (χ3n) is 1.07. The zero-order valence-electron chi connectivity index (χ0n) is 6.49. The molecule has 0 radical (unpaired) electrons. The Balaban J connectivity index is 2.01. The molecular formula is C7H9N3S2. The number of rotatable bonds is 5. The van der Waals surface area contributed by atoms with E-state index in [0.717, 1.165) is 16.6 Å². The van der Waals surface area contributed by atoms with Crippen molar-refractivity contribution in [2.45, 2.75) is 4.34 Å². The molecule has 0 aliphatic carbocycles. The van der Waals surface area contributed by atoms with Crippen LogP contribution in [0.3, 0.4) is 0 Å². The molecule has 1 N–H and O–H groups in total. The molecule has 5 heteroatoms. The number of hydrogen-bond acceptors (Lipinski definition) is 5. The van der Waals surface area contributed by atoms with E-state index < -0.39 is 0 Å². The molecule has 0 spiro atoms. The average molecular weight is 199 g/mol. The summed E-state index contributed by atoms with van der Waals surface area (Å²) in [6.45, 7) is 1.55. The van der Waals surface area contributed by atoms with E-state index in [9.17, 15) is 0 Å². The highest BCUT2D eigenvalue weighted by Crippen LogP contribution is 2.17. The summed E-state index contributed by atoms with van der Waals surface area (Å²) >= 11 is 3.25. The number of thioether (sulfide) groups is 1. The number of terminal acetylenes is 1. The average Bonchev–Trinajstić information content (AvgIpc) is 2.57. The Morgan fingerprint density at radius 3 is 3.33 bits per heavy atom. The first-order chi connectivity index (χ1) is 5.93. The largest absolute Gasteiger partial charge is 0.305 e. The Morgan fingerprint density at radius 1 is 1.75 bits per heavy atom. The normalized spacial score (nSPS) is 9.58. The number of nitrogens with zero attached hydrogens (tertiary/aromatic N) is 2. The van der Waals surface area contributed by atoms with E-state index in [1.807, 2.05) is 0 Å². The fourth-order valence-electron chi connectivity index (χ4n) is 0.597. The minimum Gasteiger partial charge on any atom is -0.305 e. The monoisotopic (exact) mass is 199 g/mol. The van der Waals surface area contributed by atoms with E-state index in [-0.39, 0.29) is 0 Å². The van der Waals surface area contributed by atoms with Crippen molar-refractivity contribution in [2.75, 3.05) is 18.8 Å². The molecule has 1 rings (SSSR count). The highest BCUT2D eigenvalue weighted by Gasteiger charge is 1.95. The molecule has 64 valence electrons. The lowest BCUT2D eigenvalue weighted by atomic mass is 10.6. The Labute approximate surface area is 80.0 Å². The van der Waals surface area contributed by atoms with Gasteiger partial charge in [0.1, 0.15) is 5.51 Å². The smallest absolute Gasteiger partial charge is 0.174 e. The summed E-state index contributed by atoms with van der Waals surface area (Å²) in [4.78, 5) is 0. The minimum absolute atomic E-state index is 0.636. The van der Waals surface area contributed by atoms with E-state index in [1.54, 1.807) is 28.6 Å². The van der Waals surface area contributed by atoms with Gasteiger partial charge in [-0.2, -0.15) is 0 Å². The zero-order valence-corrected chi connectivity index (χ0v) is 8.12. The lowest BCUT2D eigenvalue weighted by Gasteiger charge is -1.96. The fraction of sp³-hybridized carbons (Fsp3) is 0.429. The van der Waals surface area contributed by atoms with Gasteiger partial charge in [-0.15, -0.1) is 16.6 Å². The van der Waals surface area contributed by atoms with Crippen LogP contribution in [0.1, 0.15) is 0 Å². The van der Waals surface area contributed by atoms with Gasteiger partial charge in [0.2, 0.25) is 0 Å². The van der Waals surface area contributed by atoms with Crippen LogP contribution in [0.2, 0.25) is 0 Å². The summed E-state index contributed by atoms with van der Waals surface area (Å²) in [6.07, 6.45) is 5.07. The molecule has 1 heterocycles. The van der Waals surface area contributed by atoms with Crippen LogP contribution < -0.4 is 5.32 Å². The quantitative estimate of drug-likeness (QED) is 0.433. The summed E-state index contributed by atoms with van der Waals surface area (Å²) in [7, 11) is 0. The van der Waals surface area contributed by atoms with E-state index in [2.05, 4.69) is 21.4 Å². The van der Waals surface area contributed by atoms with Crippen LogP contribution in [0.5, 0.6) is 0 Å². The first-order valence-electron chi connectivity index (χ1n) is 3.46. The van der Waals surface area contributed by atoms with Gasteiger partial charge in [0.25, 0.3) is 0 Å². The van der Waals surface area contributed by atoms with Crippen LogP contribution in [0.4, 0.5) is 0 Å². The molecule has 0 aliphatic rings. The second-order valence-electron chi connectivity index (χ2n) is 1.93. The molecule has 0 unspecified atom stereocenters. The maximum atomic E-state index is 5.07. The molecule has 0 atom stereocenters. The van der Waals surface area contributed by atoms with Crippen molar-refractivity contribution < 1.29 is 0 Å². The third kappa shape index (κ3) is 3.72. The second kappa shape index (κ2) is 6.00. The molecule has 1 aromatic rings. The summed E-state index contributed by atoms with van der Waals surface area (Å²) in [6, 6.07) is 0. The van der Waals surface area contributed by atoms with Gasteiger partial charge < -0.3 is 5.32 Å². The van der Waals surface area contributed by atoms with Crippen molar-refractivity contribution >= 4 is 23.1 Å². The van der Waals surface area contributed by atoms with E-state index in [0.29, 0.717) is 6.54 Å². The number of hydrogen-bond donors (Lipinski definition) is 1.